The van der Waals surface area contributed by atoms with Crippen LogP contribution in [0.5, 0.6) is 0 Å². The molecule has 1 aromatic carbocycles. The van der Waals surface area contributed by atoms with E-state index >= 15 is 0 Å². The van der Waals surface area contributed by atoms with E-state index in [2.05, 4.69) is 4.89 Å². The van der Waals surface area contributed by atoms with Crippen LogP contribution in [-0.4, -0.2) is 16.5 Å². The summed E-state index contributed by atoms with van der Waals surface area (Å²) in [4.78, 5) is 4.34. The van der Waals surface area contributed by atoms with Crippen molar-refractivity contribution in [1.29, 1.82) is 0 Å². The van der Waals surface area contributed by atoms with Gasteiger partial charge >= 0.3 is 0 Å². The van der Waals surface area contributed by atoms with Crippen molar-refractivity contribution in [3.05, 3.63) is 35.4 Å². The molecule has 0 aromatic heterocycles. The number of aliphatic hydroxyl groups excluding tert-OH is 1. The van der Waals surface area contributed by atoms with Crippen molar-refractivity contribution < 1.29 is 15.3 Å². The van der Waals surface area contributed by atoms with Gasteiger partial charge in [-0.3, -0.25) is 5.26 Å². The first-order valence-electron chi connectivity index (χ1n) is 4.66. The minimum Gasteiger partial charge on any atom is -0.389 e. The third-order valence-corrected chi connectivity index (χ3v) is 3.10. The summed E-state index contributed by atoms with van der Waals surface area (Å²) in [7, 11) is 0. The van der Waals surface area contributed by atoms with E-state index in [9.17, 15) is 5.11 Å². The van der Waals surface area contributed by atoms with Crippen LogP contribution < -0.4 is 0 Å². The number of hydrogen-bond acceptors (Lipinski definition) is 3. The maximum atomic E-state index is 9.95. The second kappa shape index (κ2) is 3.05. The summed E-state index contributed by atoms with van der Waals surface area (Å²) < 4.78 is 0. The Balaban J connectivity index is 2.57. The Morgan fingerprint density at radius 2 is 1.93 bits per heavy atom. The van der Waals surface area contributed by atoms with Crippen molar-refractivity contribution in [3.63, 3.8) is 0 Å². The van der Waals surface area contributed by atoms with Gasteiger partial charge in [-0.05, 0) is 11.1 Å². The molecular weight excluding hydrogens is 180 g/mol. The van der Waals surface area contributed by atoms with E-state index in [4.69, 9.17) is 5.26 Å². The van der Waals surface area contributed by atoms with Crippen LogP contribution >= 0.6 is 0 Å². The van der Waals surface area contributed by atoms with Gasteiger partial charge in [-0.25, -0.2) is 4.89 Å². The molecular formula is C11H14O3. The Labute approximate surface area is 82.9 Å². The van der Waals surface area contributed by atoms with E-state index in [-0.39, 0.29) is 5.41 Å². The second-order valence-corrected chi connectivity index (χ2v) is 4.28. The zero-order chi connectivity index (χ0) is 10.3. The van der Waals surface area contributed by atoms with Crippen molar-refractivity contribution in [2.75, 3.05) is 0 Å². The molecule has 0 heterocycles. The molecule has 76 valence electrons. The van der Waals surface area contributed by atoms with E-state index in [1.54, 1.807) is 0 Å². The van der Waals surface area contributed by atoms with Crippen LogP contribution in [0.15, 0.2) is 24.3 Å². The number of fused-ring (bicyclic) bond motifs is 1. The third-order valence-electron chi connectivity index (χ3n) is 3.10. The average molecular weight is 194 g/mol. The molecule has 14 heavy (non-hydrogen) atoms. The summed E-state index contributed by atoms with van der Waals surface area (Å²) in [6.07, 6.45) is -1.33. The predicted octanol–water partition coefficient (Wildman–Crippen LogP) is 1.87. The molecule has 1 aliphatic rings. The summed E-state index contributed by atoms with van der Waals surface area (Å²) in [6, 6.07) is 7.62. The highest BCUT2D eigenvalue weighted by atomic mass is 17.1. The molecule has 0 unspecified atom stereocenters. The van der Waals surface area contributed by atoms with Gasteiger partial charge in [-0.1, -0.05) is 38.1 Å². The Hall–Kier alpha value is -0.900. The largest absolute Gasteiger partial charge is 0.389 e. The molecule has 0 bridgehead atoms. The Bertz CT molecular complexity index is 346. The first-order chi connectivity index (χ1) is 6.59. The first kappa shape index (κ1) is 9.65. The summed E-state index contributed by atoms with van der Waals surface area (Å²) in [5.41, 5.74) is 1.53. The average Bonchev–Trinajstić information content (AvgIpc) is 2.37. The topological polar surface area (TPSA) is 49.7 Å². The number of hydrogen-bond donors (Lipinski definition) is 2. The van der Waals surface area contributed by atoms with Gasteiger partial charge in [0, 0.05) is 5.41 Å². The lowest BCUT2D eigenvalue weighted by atomic mass is 9.84. The molecule has 0 fully saturated rings. The minimum atomic E-state index is -0.704. The van der Waals surface area contributed by atoms with E-state index in [0.717, 1.165) is 11.1 Å². The molecule has 1 aromatic rings. The molecule has 0 spiro atoms. The molecule has 0 radical (unpaired) electrons. The SMILES string of the molecule is CC1(C)c2ccccc2[C@@H](OO)[C@H]1O. The van der Waals surface area contributed by atoms with Crippen molar-refractivity contribution in [1.82, 2.24) is 0 Å². The van der Waals surface area contributed by atoms with Crippen LogP contribution in [0, 0.1) is 0 Å². The van der Waals surface area contributed by atoms with Gasteiger partial charge in [0.25, 0.3) is 0 Å². The molecule has 2 atom stereocenters. The van der Waals surface area contributed by atoms with Gasteiger partial charge in [0.1, 0.15) is 6.10 Å². The van der Waals surface area contributed by atoms with Crippen LogP contribution in [-0.2, 0) is 10.3 Å². The zero-order valence-corrected chi connectivity index (χ0v) is 8.27. The second-order valence-electron chi connectivity index (χ2n) is 4.28. The molecule has 2 N–H and O–H groups in total. The molecule has 0 saturated carbocycles. The molecule has 3 nitrogen and oxygen atoms in total. The maximum absolute atomic E-state index is 9.95. The van der Waals surface area contributed by atoms with Crippen LogP contribution in [0.1, 0.15) is 31.1 Å². The zero-order valence-electron chi connectivity index (χ0n) is 8.27. The van der Waals surface area contributed by atoms with Gasteiger partial charge in [0.15, 0.2) is 0 Å². The molecule has 3 heteroatoms. The lowest BCUT2D eigenvalue weighted by molar-refractivity contribution is -0.301. The fourth-order valence-corrected chi connectivity index (χ4v) is 2.15. The van der Waals surface area contributed by atoms with Crippen molar-refractivity contribution in [2.45, 2.75) is 31.5 Å². The van der Waals surface area contributed by atoms with Crippen molar-refractivity contribution in [3.8, 4) is 0 Å². The number of aliphatic hydroxyl groups is 1. The standard InChI is InChI=1S/C11H14O3/c1-11(2)8-6-4-3-5-7(8)9(14-13)10(11)12/h3-6,9-10,12-13H,1-2H3/t9-,10-/m1/s1. The number of benzene rings is 1. The van der Waals surface area contributed by atoms with E-state index < -0.39 is 12.2 Å². The monoisotopic (exact) mass is 194 g/mol. The van der Waals surface area contributed by atoms with Crippen LogP contribution in [0.3, 0.4) is 0 Å². The third kappa shape index (κ3) is 1.10. The number of rotatable bonds is 1. The van der Waals surface area contributed by atoms with Crippen molar-refractivity contribution in [2.24, 2.45) is 0 Å². The summed E-state index contributed by atoms with van der Waals surface area (Å²) >= 11 is 0. The normalized spacial score (nSPS) is 28.9. The Morgan fingerprint density at radius 1 is 1.29 bits per heavy atom. The Morgan fingerprint density at radius 3 is 2.57 bits per heavy atom. The molecule has 0 amide bonds. The van der Waals surface area contributed by atoms with E-state index in [1.165, 1.54) is 0 Å². The smallest absolute Gasteiger partial charge is 0.145 e. The molecule has 1 aliphatic carbocycles. The van der Waals surface area contributed by atoms with Gasteiger partial charge in [0.05, 0.1) is 6.10 Å². The summed E-state index contributed by atoms with van der Waals surface area (Å²) in [5, 5.41) is 18.7. The molecule has 0 saturated heterocycles. The predicted molar refractivity (Wildman–Crippen MR) is 51.9 cm³/mol. The molecule has 0 aliphatic heterocycles. The fraction of sp³-hybridized carbons (Fsp3) is 0.455. The molecule has 2 rings (SSSR count). The lowest BCUT2D eigenvalue weighted by Gasteiger charge is -2.25. The minimum absolute atomic E-state index is 0.371. The first-order valence-corrected chi connectivity index (χ1v) is 4.66. The van der Waals surface area contributed by atoms with Crippen LogP contribution in [0.4, 0.5) is 0 Å². The van der Waals surface area contributed by atoms with E-state index in [0.29, 0.717) is 0 Å². The highest BCUT2D eigenvalue weighted by Gasteiger charge is 2.46. The van der Waals surface area contributed by atoms with Crippen molar-refractivity contribution >= 4 is 0 Å². The van der Waals surface area contributed by atoms with Crippen LogP contribution in [0.2, 0.25) is 0 Å². The van der Waals surface area contributed by atoms with E-state index in [1.807, 2.05) is 38.1 Å². The Kier molecular flexibility index (Phi) is 2.10. The highest BCUT2D eigenvalue weighted by molar-refractivity contribution is 5.42. The highest BCUT2D eigenvalue weighted by Crippen LogP contribution is 2.45. The van der Waals surface area contributed by atoms with Gasteiger partial charge in [0.2, 0.25) is 0 Å². The summed E-state index contributed by atoms with van der Waals surface area (Å²) in [6.45, 7) is 3.88. The fourth-order valence-electron chi connectivity index (χ4n) is 2.15. The van der Waals surface area contributed by atoms with Gasteiger partial charge in [-0.15, -0.1) is 0 Å². The summed E-state index contributed by atoms with van der Waals surface area (Å²) in [5.74, 6) is 0. The maximum Gasteiger partial charge on any atom is 0.145 e. The van der Waals surface area contributed by atoms with Gasteiger partial charge in [-0.2, -0.15) is 0 Å². The van der Waals surface area contributed by atoms with Gasteiger partial charge < -0.3 is 5.11 Å². The van der Waals surface area contributed by atoms with Crippen LogP contribution in [0.25, 0.3) is 0 Å². The quantitative estimate of drug-likeness (QED) is 0.530. The lowest BCUT2D eigenvalue weighted by Crippen LogP contribution is -2.31.